The van der Waals surface area contributed by atoms with Crippen molar-refractivity contribution in [1.29, 1.82) is 0 Å². The number of hydrogen-bond donors (Lipinski definition) is 0. The van der Waals surface area contributed by atoms with Crippen LogP contribution < -0.4 is 0 Å². The van der Waals surface area contributed by atoms with Crippen LogP contribution in [0.1, 0.15) is 159 Å². The summed E-state index contributed by atoms with van der Waals surface area (Å²) in [6, 6.07) is 0. The molecule has 0 aromatic heterocycles. The Morgan fingerprint density at radius 1 is 0.911 bits per heavy atom. The molecule has 3 fully saturated rings. The summed E-state index contributed by atoms with van der Waals surface area (Å²) >= 11 is 0. The molecule has 8 atom stereocenters. The van der Waals surface area contributed by atoms with E-state index in [-0.39, 0.29) is 41.9 Å². The predicted molar refractivity (Wildman–Crippen MR) is 183 cm³/mol. The van der Waals surface area contributed by atoms with E-state index >= 15 is 0 Å². The van der Waals surface area contributed by atoms with Gasteiger partial charge in [0.25, 0.3) is 0 Å². The molecular weight excluding hydrogens is 560 g/mol. The zero-order valence-electron chi connectivity index (χ0n) is 30.8. The molecule has 0 aromatic rings. The molecule has 2 unspecified atom stereocenters. The smallest absolute Gasteiger partial charge is 0.306 e. The lowest BCUT2D eigenvalue weighted by Gasteiger charge is -2.58. The second-order valence-electron chi connectivity index (χ2n) is 18.1. The first-order chi connectivity index (χ1) is 20.9. The molecule has 4 aliphatic rings. The Kier molecular flexibility index (Phi) is 11.7. The van der Waals surface area contributed by atoms with Crippen molar-refractivity contribution in [2.45, 2.75) is 176 Å². The summed E-state index contributed by atoms with van der Waals surface area (Å²) in [4.78, 5) is 25.3. The van der Waals surface area contributed by atoms with Crippen molar-refractivity contribution in [2.24, 2.45) is 46.3 Å². The maximum atomic E-state index is 12.8. The van der Waals surface area contributed by atoms with Crippen LogP contribution in [0.25, 0.3) is 0 Å². The first kappa shape index (κ1) is 36.5. The standard InChI is InChI=1S/C40H68O5/c1-27(2)12-11-13-28(3)32-16-17-33-31-15-14-29-26-30(20-22-39(29,9)34(31)21-23-40(32,33)10)44-35(41)18-19-36(42)45-38(7,8)24-25-43-37(4,5)6/h14,27-28,30-34H,11-13,15-26H2,1-10H3/t28?,30-,31?,32+,33-,34-,39-,40+/m0/s1. The van der Waals surface area contributed by atoms with Gasteiger partial charge in [-0.15, -0.1) is 0 Å². The molecule has 0 aliphatic heterocycles. The van der Waals surface area contributed by atoms with Gasteiger partial charge in [-0.25, -0.2) is 0 Å². The quantitative estimate of drug-likeness (QED) is 0.150. The SMILES string of the molecule is CC(C)CCCC(C)[C@H]1CC[C@H]2C3CC=C4C[C@@H](OC(=O)CCC(=O)OC(C)(C)CCOC(C)(C)C)CC[C@]4(C)[C@H]3CC[C@]12C. The van der Waals surface area contributed by atoms with Crippen molar-refractivity contribution < 1.29 is 23.8 Å². The Bertz CT molecular complexity index is 1050. The van der Waals surface area contributed by atoms with Gasteiger partial charge in [-0.2, -0.15) is 0 Å². The van der Waals surface area contributed by atoms with Gasteiger partial charge in [0.1, 0.15) is 11.7 Å². The minimum Gasteiger partial charge on any atom is -0.462 e. The number of carbonyl (C=O) groups excluding carboxylic acids is 2. The summed E-state index contributed by atoms with van der Waals surface area (Å²) in [5.41, 5.74) is 1.42. The van der Waals surface area contributed by atoms with Crippen molar-refractivity contribution in [3.8, 4) is 0 Å². The molecule has 45 heavy (non-hydrogen) atoms. The summed E-state index contributed by atoms with van der Waals surface area (Å²) in [6.07, 6.45) is 17.0. The van der Waals surface area contributed by atoms with Gasteiger partial charge in [-0.05, 0) is 126 Å². The maximum absolute atomic E-state index is 12.8. The molecule has 258 valence electrons. The highest BCUT2D eigenvalue weighted by molar-refractivity contribution is 5.78. The van der Waals surface area contributed by atoms with Crippen LogP contribution in [-0.4, -0.2) is 35.9 Å². The molecule has 0 N–H and O–H groups in total. The van der Waals surface area contributed by atoms with Crippen molar-refractivity contribution in [3.63, 3.8) is 0 Å². The minimum absolute atomic E-state index is 0.0524. The van der Waals surface area contributed by atoms with Crippen molar-refractivity contribution in [3.05, 3.63) is 11.6 Å². The average molecular weight is 629 g/mol. The monoisotopic (exact) mass is 629 g/mol. The van der Waals surface area contributed by atoms with Crippen LogP contribution in [0.2, 0.25) is 0 Å². The second kappa shape index (κ2) is 14.4. The molecule has 5 heteroatoms. The third kappa shape index (κ3) is 8.96. The van der Waals surface area contributed by atoms with Gasteiger partial charge in [-0.3, -0.25) is 9.59 Å². The molecule has 3 saturated carbocycles. The zero-order valence-corrected chi connectivity index (χ0v) is 30.8. The Labute approximate surface area is 276 Å². The number of hydrogen-bond acceptors (Lipinski definition) is 5. The summed E-state index contributed by atoms with van der Waals surface area (Å²) in [5, 5.41) is 0. The van der Waals surface area contributed by atoms with Gasteiger partial charge in [0.15, 0.2) is 0 Å². The lowest BCUT2D eigenvalue weighted by atomic mass is 9.47. The Balaban J connectivity index is 1.26. The number of allylic oxidation sites excluding steroid dienone is 1. The van der Waals surface area contributed by atoms with Crippen molar-refractivity contribution in [1.82, 2.24) is 0 Å². The van der Waals surface area contributed by atoms with E-state index in [1.165, 1.54) is 56.9 Å². The lowest BCUT2D eigenvalue weighted by Crippen LogP contribution is -2.51. The Morgan fingerprint density at radius 3 is 2.31 bits per heavy atom. The van der Waals surface area contributed by atoms with Gasteiger partial charge >= 0.3 is 11.9 Å². The Hall–Kier alpha value is -1.36. The molecule has 5 nitrogen and oxygen atoms in total. The topological polar surface area (TPSA) is 61.8 Å². The minimum atomic E-state index is -0.632. The van der Waals surface area contributed by atoms with E-state index in [1.54, 1.807) is 0 Å². The average Bonchev–Trinajstić information content (AvgIpc) is 3.28. The second-order valence-corrected chi connectivity index (χ2v) is 18.1. The zero-order chi connectivity index (χ0) is 33.2. The molecule has 0 saturated heterocycles. The largest absolute Gasteiger partial charge is 0.462 e. The maximum Gasteiger partial charge on any atom is 0.306 e. The van der Waals surface area contributed by atoms with E-state index in [2.05, 4.69) is 40.7 Å². The van der Waals surface area contributed by atoms with E-state index in [0.29, 0.717) is 18.4 Å². The van der Waals surface area contributed by atoms with Crippen LogP contribution in [-0.2, 0) is 23.8 Å². The molecule has 0 aromatic carbocycles. The van der Waals surface area contributed by atoms with E-state index < -0.39 is 5.60 Å². The summed E-state index contributed by atoms with van der Waals surface area (Å²) in [5.74, 6) is 4.32. The van der Waals surface area contributed by atoms with Crippen LogP contribution >= 0.6 is 0 Å². The van der Waals surface area contributed by atoms with Crippen molar-refractivity contribution in [2.75, 3.05) is 6.61 Å². The number of carbonyl (C=O) groups is 2. The summed E-state index contributed by atoms with van der Waals surface area (Å²) in [7, 11) is 0. The fraction of sp³-hybridized carbons (Fsp3) is 0.900. The molecule has 0 heterocycles. The van der Waals surface area contributed by atoms with Crippen LogP contribution in [0, 0.1) is 46.3 Å². The van der Waals surface area contributed by atoms with Crippen LogP contribution in [0.5, 0.6) is 0 Å². The Morgan fingerprint density at radius 2 is 1.62 bits per heavy atom. The van der Waals surface area contributed by atoms with Gasteiger partial charge in [0.05, 0.1) is 25.0 Å². The first-order valence-electron chi connectivity index (χ1n) is 18.7. The predicted octanol–water partition coefficient (Wildman–Crippen LogP) is 10.2. The number of rotatable bonds is 13. The molecular formula is C40H68O5. The molecule has 0 spiro atoms. The fourth-order valence-corrected chi connectivity index (χ4v) is 10.2. The van der Waals surface area contributed by atoms with Crippen molar-refractivity contribution >= 4 is 11.9 Å². The van der Waals surface area contributed by atoms with E-state index in [9.17, 15) is 9.59 Å². The molecule has 4 aliphatic carbocycles. The summed E-state index contributed by atoms with van der Waals surface area (Å²) < 4.78 is 17.4. The highest BCUT2D eigenvalue weighted by atomic mass is 16.6. The number of fused-ring (bicyclic) bond motifs is 5. The lowest BCUT2D eigenvalue weighted by molar-refractivity contribution is -0.163. The van der Waals surface area contributed by atoms with Gasteiger partial charge in [0.2, 0.25) is 0 Å². The highest BCUT2D eigenvalue weighted by Crippen LogP contribution is 2.67. The van der Waals surface area contributed by atoms with E-state index in [1.807, 2.05) is 34.6 Å². The third-order valence-corrected chi connectivity index (χ3v) is 12.7. The molecule has 0 radical (unpaired) electrons. The van der Waals surface area contributed by atoms with E-state index in [0.717, 1.165) is 54.8 Å². The van der Waals surface area contributed by atoms with Crippen LogP contribution in [0.15, 0.2) is 11.6 Å². The number of ether oxygens (including phenoxy) is 3. The third-order valence-electron chi connectivity index (χ3n) is 12.7. The molecule has 4 rings (SSSR count). The van der Waals surface area contributed by atoms with Gasteiger partial charge < -0.3 is 14.2 Å². The van der Waals surface area contributed by atoms with Gasteiger partial charge in [-0.1, -0.05) is 65.5 Å². The van der Waals surface area contributed by atoms with Crippen LogP contribution in [0.4, 0.5) is 0 Å². The van der Waals surface area contributed by atoms with E-state index in [4.69, 9.17) is 14.2 Å². The number of esters is 2. The molecule has 0 amide bonds. The first-order valence-corrected chi connectivity index (χ1v) is 18.7. The summed E-state index contributed by atoms with van der Waals surface area (Å²) in [6.45, 7) is 22.8. The normalized spacial score (nSPS) is 33.9. The molecule has 0 bridgehead atoms. The fourth-order valence-electron chi connectivity index (χ4n) is 10.2. The highest BCUT2D eigenvalue weighted by Gasteiger charge is 2.59. The van der Waals surface area contributed by atoms with Gasteiger partial charge in [0, 0.05) is 12.8 Å². The van der Waals surface area contributed by atoms with Crippen LogP contribution in [0.3, 0.4) is 0 Å².